The van der Waals surface area contributed by atoms with Crippen LogP contribution in [0, 0.1) is 17.3 Å². The molecule has 224 valence electrons. The van der Waals surface area contributed by atoms with Crippen LogP contribution in [0.1, 0.15) is 104 Å². The van der Waals surface area contributed by atoms with Gasteiger partial charge in [0, 0.05) is 12.5 Å². The number of aliphatic hydroxyl groups excluding tert-OH is 1. The van der Waals surface area contributed by atoms with E-state index >= 15 is 0 Å². The third-order valence-electron chi connectivity index (χ3n) is 7.98. The molecule has 0 saturated carbocycles. The Labute approximate surface area is 233 Å². The van der Waals surface area contributed by atoms with Crippen LogP contribution < -0.4 is 16.0 Å². The van der Waals surface area contributed by atoms with E-state index in [-0.39, 0.29) is 30.1 Å². The van der Waals surface area contributed by atoms with Crippen LogP contribution in [0.3, 0.4) is 0 Å². The van der Waals surface area contributed by atoms with Gasteiger partial charge in [0.15, 0.2) is 5.85 Å². The smallest absolute Gasteiger partial charge is 0.355 e. The summed E-state index contributed by atoms with van der Waals surface area (Å²) in [5.41, 5.74) is -1.01. The fourth-order valence-electron chi connectivity index (χ4n) is 5.66. The molecule has 6 N–H and O–H groups in total. The highest BCUT2D eigenvalue weighted by Gasteiger charge is 2.47. The van der Waals surface area contributed by atoms with E-state index in [1.165, 1.54) is 6.42 Å². The van der Waals surface area contributed by atoms with Gasteiger partial charge >= 0.3 is 7.60 Å². The lowest BCUT2D eigenvalue weighted by Crippen LogP contribution is -2.55. The molecule has 0 aromatic heterocycles. The summed E-state index contributed by atoms with van der Waals surface area (Å²) in [5.74, 6) is -3.44. The number of carbonyl (C=O) groups is 3. The van der Waals surface area contributed by atoms with Gasteiger partial charge in [0.05, 0.1) is 11.5 Å². The molecule has 5 atom stereocenters. The SMILES string of the molecule is CCCCCCCC1CCC/C=C/CC2(CCNC2=O)C[C@@H]([C@H](O)P(=O)(O)O)NC(=O)[C@H](CC(C)C)NC1=O. The maximum Gasteiger partial charge on any atom is 0.355 e. The van der Waals surface area contributed by atoms with E-state index in [0.29, 0.717) is 32.2 Å². The van der Waals surface area contributed by atoms with Gasteiger partial charge in [-0.15, -0.1) is 0 Å². The molecule has 3 amide bonds. The van der Waals surface area contributed by atoms with Gasteiger partial charge in [-0.25, -0.2) is 0 Å². The van der Waals surface area contributed by atoms with Gasteiger partial charge in [0.2, 0.25) is 17.7 Å². The van der Waals surface area contributed by atoms with Gasteiger partial charge in [0.25, 0.3) is 0 Å². The largest absolute Gasteiger partial charge is 0.379 e. The second-order valence-corrected chi connectivity index (χ2v) is 13.5. The minimum atomic E-state index is -5.02. The summed E-state index contributed by atoms with van der Waals surface area (Å²) in [6.07, 6.45) is 13.2. The first-order chi connectivity index (χ1) is 18.4. The van der Waals surface area contributed by atoms with Crippen LogP contribution in [0.4, 0.5) is 0 Å². The van der Waals surface area contributed by atoms with Crippen molar-refractivity contribution in [3.63, 3.8) is 0 Å². The summed E-state index contributed by atoms with van der Waals surface area (Å²) in [6, 6.07) is -2.30. The van der Waals surface area contributed by atoms with Crippen molar-refractivity contribution in [2.45, 2.75) is 122 Å². The predicted octanol–water partition coefficient (Wildman–Crippen LogP) is 3.50. The van der Waals surface area contributed by atoms with Crippen molar-refractivity contribution < 1.29 is 33.8 Å². The molecule has 2 unspecified atom stereocenters. The standard InChI is InChI=1S/C28H50N3O7P/c1-4-5-6-7-10-13-21-14-11-8-9-12-15-28(16-17-29-27(28)35)19-23(26(34)39(36,37)38)31-25(33)22(18-20(2)3)30-24(21)32/h9,12,20-23,26,34H,4-8,10-11,13-19H2,1-3H3,(H,29,35)(H,30,32)(H,31,33)(H2,36,37,38)/b12-9+/t21?,22-,23-,26+,28?/m0/s1. The Morgan fingerprint density at radius 1 is 1.05 bits per heavy atom. The molecule has 10 nitrogen and oxygen atoms in total. The Morgan fingerprint density at radius 3 is 2.38 bits per heavy atom. The number of hydrogen-bond donors (Lipinski definition) is 6. The molecule has 11 heteroatoms. The Kier molecular flexibility index (Phi) is 13.6. The molecule has 0 radical (unpaired) electrons. The Balaban J connectivity index is 2.36. The third kappa shape index (κ3) is 10.6. The zero-order valence-corrected chi connectivity index (χ0v) is 24.8. The topological polar surface area (TPSA) is 165 Å². The lowest BCUT2D eigenvalue weighted by atomic mass is 9.77. The number of hydrogen-bond acceptors (Lipinski definition) is 5. The molecule has 0 bridgehead atoms. The highest BCUT2D eigenvalue weighted by Crippen LogP contribution is 2.45. The third-order valence-corrected chi connectivity index (χ3v) is 9.03. The highest BCUT2D eigenvalue weighted by atomic mass is 31.2. The van der Waals surface area contributed by atoms with Gasteiger partial charge < -0.3 is 30.8 Å². The second-order valence-electron chi connectivity index (χ2n) is 11.8. The molecule has 0 aromatic carbocycles. The monoisotopic (exact) mass is 571 g/mol. The van der Waals surface area contributed by atoms with Crippen LogP contribution in [-0.4, -0.2) is 57.1 Å². The number of nitrogens with one attached hydrogen (secondary N) is 3. The lowest BCUT2D eigenvalue weighted by Gasteiger charge is -2.34. The highest BCUT2D eigenvalue weighted by molar-refractivity contribution is 7.52. The number of unbranched alkanes of at least 4 members (excludes halogenated alkanes) is 4. The van der Waals surface area contributed by atoms with E-state index in [0.717, 1.165) is 44.9 Å². The average molecular weight is 572 g/mol. The molecule has 1 fully saturated rings. The lowest BCUT2D eigenvalue weighted by molar-refractivity contribution is -0.133. The van der Waals surface area contributed by atoms with Crippen molar-refractivity contribution in [2.24, 2.45) is 17.3 Å². The predicted molar refractivity (Wildman–Crippen MR) is 151 cm³/mol. The molecule has 39 heavy (non-hydrogen) atoms. The number of amides is 3. The summed E-state index contributed by atoms with van der Waals surface area (Å²) in [4.78, 5) is 59.4. The quantitative estimate of drug-likeness (QED) is 0.133. The van der Waals surface area contributed by atoms with Gasteiger partial charge in [-0.2, -0.15) is 0 Å². The summed E-state index contributed by atoms with van der Waals surface area (Å²) in [5, 5.41) is 18.9. The van der Waals surface area contributed by atoms with E-state index in [9.17, 15) is 33.8 Å². The van der Waals surface area contributed by atoms with Crippen LogP contribution in [0.5, 0.6) is 0 Å². The molecule has 1 saturated heterocycles. The van der Waals surface area contributed by atoms with Crippen molar-refractivity contribution in [3.05, 3.63) is 12.2 Å². The van der Waals surface area contributed by atoms with Crippen molar-refractivity contribution in [1.29, 1.82) is 0 Å². The molecule has 2 rings (SSSR count). The normalized spacial score (nSPS) is 29.3. The Bertz CT molecular complexity index is 890. The average Bonchev–Trinajstić information content (AvgIpc) is 3.21. The van der Waals surface area contributed by atoms with Crippen LogP contribution in [0.2, 0.25) is 0 Å². The second kappa shape index (κ2) is 15.9. The van der Waals surface area contributed by atoms with Gasteiger partial charge in [-0.3, -0.25) is 18.9 Å². The van der Waals surface area contributed by atoms with Crippen LogP contribution in [0.15, 0.2) is 12.2 Å². The van der Waals surface area contributed by atoms with Gasteiger partial charge in [0.1, 0.15) is 6.04 Å². The summed E-state index contributed by atoms with van der Waals surface area (Å²) in [7, 11) is -5.02. The van der Waals surface area contributed by atoms with Gasteiger partial charge in [-0.1, -0.05) is 65.0 Å². The van der Waals surface area contributed by atoms with Crippen LogP contribution in [-0.2, 0) is 18.9 Å². The van der Waals surface area contributed by atoms with Crippen LogP contribution >= 0.6 is 7.60 Å². The fraction of sp³-hybridized carbons (Fsp3) is 0.821. The maximum atomic E-state index is 13.5. The van der Waals surface area contributed by atoms with E-state index in [2.05, 4.69) is 22.9 Å². The summed E-state index contributed by atoms with van der Waals surface area (Å²) < 4.78 is 12.1. The van der Waals surface area contributed by atoms with E-state index in [1.807, 2.05) is 26.0 Å². The number of allylic oxidation sites excluding steroid dienone is 2. The van der Waals surface area contributed by atoms with Crippen molar-refractivity contribution in [3.8, 4) is 0 Å². The molecule has 1 spiro atoms. The zero-order valence-electron chi connectivity index (χ0n) is 23.9. The molecular formula is C28H50N3O7P. The summed E-state index contributed by atoms with van der Waals surface area (Å²) in [6.45, 7) is 6.41. The first kappa shape index (κ1) is 33.5. The van der Waals surface area contributed by atoms with Crippen molar-refractivity contribution >= 4 is 25.3 Å². The van der Waals surface area contributed by atoms with E-state index in [4.69, 9.17) is 0 Å². The zero-order chi connectivity index (χ0) is 29.1. The molecule has 0 aromatic rings. The minimum absolute atomic E-state index is 0.0527. The first-order valence-corrected chi connectivity index (χ1v) is 16.3. The number of rotatable bonds is 10. The van der Waals surface area contributed by atoms with E-state index in [1.54, 1.807) is 0 Å². The maximum absolute atomic E-state index is 13.5. The molecule has 2 aliphatic heterocycles. The summed E-state index contributed by atoms with van der Waals surface area (Å²) >= 11 is 0. The fourth-order valence-corrected chi connectivity index (χ4v) is 6.31. The van der Waals surface area contributed by atoms with Crippen molar-refractivity contribution in [2.75, 3.05) is 6.54 Å². The van der Waals surface area contributed by atoms with E-state index < -0.39 is 36.8 Å². The first-order valence-electron chi connectivity index (χ1n) is 14.7. The minimum Gasteiger partial charge on any atom is -0.379 e. The molecule has 2 heterocycles. The van der Waals surface area contributed by atoms with Gasteiger partial charge in [-0.05, 0) is 57.3 Å². The molecule has 2 aliphatic rings. The Morgan fingerprint density at radius 2 is 1.77 bits per heavy atom. The molecule has 0 aliphatic carbocycles. The van der Waals surface area contributed by atoms with Crippen LogP contribution in [0.25, 0.3) is 0 Å². The number of aliphatic hydroxyl groups is 1. The molecular weight excluding hydrogens is 521 g/mol. The number of carbonyl (C=O) groups excluding carboxylic acids is 3. The Hall–Kier alpha value is -1.74. The van der Waals surface area contributed by atoms with Crippen molar-refractivity contribution in [1.82, 2.24) is 16.0 Å².